The fourth-order valence-corrected chi connectivity index (χ4v) is 1.90. The molecular formula is C17H20N4O. The van der Waals surface area contributed by atoms with Crippen LogP contribution in [0.1, 0.15) is 35.8 Å². The van der Waals surface area contributed by atoms with Gasteiger partial charge in [0.2, 0.25) is 0 Å². The summed E-state index contributed by atoms with van der Waals surface area (Å²) in [6.07, 6.45) is 2.99. The molecule has 0 aliphatic heterocycles. The number of amides is 1. The van der Waals surface area contributed by atoms with Gasteiger partial charge in [0.1, 0.15) is 17.8 Å². The van der Waals surface area contributed by atoms with Crippen molar-refractivity contribution in [2.45, 2.75) is 19.8 Å². The summed E-state index contributed by atoms with van der Waals surface area (Å²) in [4.78, 5) is 20.0. The van der Waals surface area contributed by atoms with E-state index in [2.05, 4.69) is 53.2 Å². The molecule has 2 N–H and O–H groups in total. The third-order valence-corrected chi connectivity index (χ3v) is 3.16. The Morgan fingerprint density at radius 2 is 2.00 bits per heavy atom. The molecule has 0 unspecified atom stereocenters. The van der Waals surface area contributed by atoms with Gasteiger partial charge in [-0.1, -0.05) is 32.1 Å². The van der Waals surface area contributed by atoms with Crippen molar-refractivity contribution in [1.29, 1.82) is 0 Å². The Hall–Kier alpha value is -2.69. The number of carbonyl (C=O) groups excluding carboxylic acids is 1. The predicted octanol–water partition coefficient (Wildman–Crippen LogP) is 3.26. The van der Waals surface area contributed by atoms with Crippen LogP contribution in [0, 0.1) is 0 Å². The molecule has 1 aromatic carbocycles. The summed E-state index contributed by atoms with van der Waals surface area (Å²) in [5.74, 6) is 0.824. The Labute approximate surface area is 130 Å². The Morgan fingerprint density at radius 1 is 1.27 bits per heavy atom. The summed E-state index contributed by atoms with van der Waals surface area (Å²) >= 11 is 0. The molecule has 0 fully saturated rings. The molecule has 1 heterocycles. The van der Waals surface area contributed by atoms with Crippen molar-refractivity contribution in [2.24, 2.45) is 0 Å². The van der Waals surface area contributed by atoms with E-state index in [0.29, 0.717) is 24.0 Å². The summed E-state index contributed by atoms with van der Waals surface area (Å²) in [5.41, 5.74) is 2.51. The van der Waals surface area contributed by atoms with Gasteiger partial charge in [-0.05, 0) is 23.6 Å². The predicted molar refractivity (Wildman–Crippen MR) is 88.4 cm³/mol. The third kappa shape index (κ3) is 4.15. The number of anilines is 2. The lowest BCUT2D eigenvalue weighted by Crippen LogP contribution is -2.24. The minimum Gasteiger partial charge on any atom is -0.347 e. The van der Waals surface area contributed by atoms with Crippen LogP contribution in [0.5, 0.6) is 0 Å². The highest BCUT2D eigenvalue weighted by atomic mass is 16.1. The van der Waals surface area contributed by atoms with Crippen LogP contribution in [0.25, 0.3) is 0 Å². The lowest BCUT2D eigenvalue weighted by Gasteiger charge is -2.09. The number of carbonyl (C=O) groups is 1. The summed E-state index contributed by atoms with van der Waals surface area (Å²) < 4.78 is 0. The molecule has 5 nitrogen and oxygen atoms in total. The SMILES string of the molecule is C=CCNC(=O)c1cc(Nc2ccc(C(C)C)cc2)ncn1. The van der Waals surface area contributed by atoms with Crippen LogP contribution in [-0.2, 0) is 0 Å². The Balaban J connectivity index is 2.09. The molecule has 0 saturated carbocycles. The average Bonchev–Trinajstić information content (AvgIpc) is 2.53. The molecule has 0 saturated heterocycles. The number of benzene rings is 1. The first-order valence-electron chi connectivity index (χ1n) is 7.18. The van der Waals surface area contributed by atoms with Crippen molar-refractivity contribution in [2.75, 3.05) is 11.9 Å². The van der Waals surface area contributed by atoms with Crippen molar-refractivity contribution in [3.8, 4) is 0 Å². The quantitative estimate of drug-likeness (QED) is 0.803. The van der Waals surface area contributed by atoms with Crippen LogP contribution in [0.15, 0.2) is 49.3 Å². The van der Waals surface area contributed by atoms with Gasteiger partial charge in [-0.2, -0.15) is 0 Å². The molecule has 22 heavy (non-hydrogen) atoms. The fraction of sp³-hybridized carbons (Fsp3) is 0.235. The number of nitrogens with zero attached hydrogens (tertiary/aromatic N) is 2. The van der Waals surface area contributed by atoms with Gasteiger partial charge in [-0.3, -0.25) is 4.79 Å². The first-order valence-corrected chi connectivity index (χ1v) is 7.18. The van der Waals surface area contributed by atoms with E-state index in [1.54, 1.807) is 12.1 Å². The Bertz CT molecular complexity index is 650. The summed E-state index contributed by atoms with van der Waals surface area (Å²) in [5, 5.41) is 5.85. The maximum Gasteiger partial charge on any atom is 0.270 e. The second kappa shape index (κ2) is 7.36. The molecule has 114 valence electrons. The first kappa shape index (κ1) is 15.7. The maximum atomic E-state index is 11.9. The van der Waals surface area contributed by atoms with Gasteiger partial charge >= 0.3 is 0 Å². The largest absolute Gasteiger partial charge is 0.347 e. The van der Waals surface area contributed by atoms with Gasteiger partial charge in [0.25, 0.3) is 5.91 Å². The lowest BCUT2D eigenvalue weighted by molar-refractivity contribution is 0.0953. The molecule has 2 rings (SSSR count). The second-order valence-electron chi connectivity index (χ2n) is 5.19. The highest BCUT2D eigenvalue weighted by Gasteiger charge is 2.08. The van der Waals surface area contributed by atoms with Gasteiger partial charge in [0.05, 0.1) is 0 Å². The number of nitrogens with one attached hydrogen (secondary N) is 2. The van der Waals surface area contributed by atoms with E-state index in [0.717, 1.165) is 5.69 Å². The van der Waals surface area contributed by atoms with Gasteiger partial charge in [-0.15, -0.1) is 6.58 Å². The smallest absolute Gasteiger partial charge is 0.270 e. The van der Waals surface area contributed by atoms with Crippen LogP contribution in [0.4, 0.5) is 11.5 Å². The van der Waals surface area contributed by atoms with Crippen LogP contribution < -0.4 is 10.6 Å². The van der Waals surface area contributed by atoms with Crippen LogP contribution in [0.3, 0.4) is 0 Å². The first-order chi connectivity index (χ1) is 10.6. The fourth-order valence-electron chi connectivity index (χ4n) is 1.90. The van der Waals surface area contributed by atoms with E-state index >= 15 is 0 Å². The number of rotatable bonds is 6. The number of hydrogen-bond donors (Lipinski definition) is 2. The monoisotopic (exact) mass is 296 g/mol. The van der Waals surface area contributed by atoms with Gasteiger partial charge in [0, 0.05) is 18.3 Å². The Morgan fingerprint density at radius 3 is 2.64 bits per heavy atom. The zero-order valence-corrected chi connectivity index (χ0v) is 12.8. The highest BCUT2D eigenvalue weighted by Crippen LogP contribution is 2.19. The van der Waals surface area contributed by atoms with Gasteiger partial charge < -0.3 is 10.6 Å². The maximum absolute atomic E-state index is 11.9. The van der Waals surface area contributed by atoms with Crippen molar-refractivity contribution < 1.29 is 4.79 Å². The van der Waals surface area contributed by atoms with Crippen molar-refractivity contribution in [3.05, 3.63) is 60.6 Å². The normalized spacial score (nSPS) is 10.3. The van der Waals surface area contributed by atoms with E-state index < -0.39 is 0 Å². The summed E-state index contributed by atoms with van der Waals surface area (Å²) in [6, 6.07) is 9.76. The van der Waals surface area contributed by atoms with Gasteiger partial charge in [0.15, 0.2) is 0 Å². The highest BCUT2D eigenvalue weighted by molar-refractivity contribution is 5.93. The topological polar surface area (TPSA) is 66.9 Å². The van der Waals surface area contributed by atoms with E-state index in [1.807, 2.05) is 12.1 Å². The number of aromatic nitrogens is 2. The molecule has 2 aromatic rings. The van der Waals surface area contributed by atoms with Crippen molar-refractivity contribution in [3.63, 3.8) is 0 Å². The van der Waals surface area contributed by atoms with E-state index in [4.69, 9.17) is 0 Å². The molecule has 1 amide bonds. The third-order valence-electron chi connectivity index (χ3n) is 3.16. The summed E-state index contributed by atoms with van der Waals surface area (Å²) in [7, 11) is 0. The molecule has 0 aliphatic carbocycles. The molecule has 0 spiro atoms. The standard InChI is InChI=1S/C17H20N4O/c1-4-9-18-17(22)15-10-16(20-11-19-15)21-14-7-5-13(6-8-14)12(2)3/h4-8,10-12H,1,9H2,2-3H3,(H,18,22)(H,19,20,21). The molecular weight excluding hydrogens is 276 g/mol. The Kier molecular flexibility index (Phi) is 5.25. The molecule has 1 aromatic heterocycles. The summed E-state index contributed by atoms with van der Waals surface area (Å²) in [6.45, 7) is 8.27. The number of hydrogen-bond acceptors (Lipinski definition) is 4. The lowest BCUT2D eigenvalue weighted by atomic mass is 10.0. The minimum absolute atomic E-state index is 0.250. The molecule has 0 aliphatic rings. The van der Waals surface area contributed by atoms with Crippen LogP contribution in [0.2, 0.25) is 0 Å². The van der Waals surface area contributed by atoms with Crippen molar-refractivity contribution >= 4 is 17.4 Å². The molecule has 0 radical (unpaired) electrons. The zero-order chi connectivity index (χ0) is 15.9. The second-order valence-corrected chi connectivity index (χ2v) is 5.19. The zero-order valence-electron chi connectivity index (χ0n) is 12.8. The molecule has 0 bridgehead atoms. The minimum atomic E-state index is -0.250. The molecule has 0 atom stereocenters. The van der Waals surface area contributed by atoms with E-state index in [-0.39, 0.29) is 5.91 Å². The average molecular weight is 296 g/mol. The van der Waals surface area contributed by atoms with Crippen LogP contribution in [-0.4, -0.2) is 22.4 Å². The van der Waals surface area contributed by atoms with Crippen LogP contribution >= 0.6 is 0 Å². The van der Waals surface area contributed by atoms with Gasteiger partial charge in [-0.25, -0.2) is 9.97 Å². The van der Waals surface area contributed by atoms with E-state index in [1.165, 1.54) is 11.9 Å². The van der Waals surface area contributed by atoms with E-state index in [9.17, 15) is 4.79 Å². The molecule has 5 heteroatoms. The van der Waals surface area contributed by atoms with Crippen molar-refractivity contribution in [1.82, 2.24) is 15.3 Å².